The predicted molar refractivity (Wildman–Crippen MR) is 116 cm³/mol. The van der Waals surface area contributed by atoms with Crippen LogP contribution in [0.15, 0.2) is 54.6 Å². The van der Waals surface area contributed by atoms with Crippen LogP contribution in [0, 0.1) is 5.92 Å². The van der Waals surface area contributed by atoms with Crippen LogP contribution in [0.1, 0.15) is 41.6 Å². The summed E-state index contributed by atoms with van der Waals surface area (Å²) >= 11 is 7.99. The van der Waals surface area contributed by atoms with Crippen LogP contribution in [0.2, 0.25) is 5.02 Å². The summed E-state index contributed by atoms with van der Waals surface area (Å²) in [5.74, 6) is 0.796. The van der Waals surface area contributed by atoms with Crippen molar-refractivity contribution < 1.29 is 9.59 Å². The third kappa shape index (κ3) is 4.70. The summed E-state index contributed by atoms with van der Waals surface area (Å²) in [6.07, 6.45) is 0.909. The van der Waals surface area contributed by atoms with Gasteiger partial charge in [0.1, 0.15) is 11.4 Å². The van der Waals surface area contributed by atoms with Gasteiger partial charge in [-0.05, 0) is 30.5 Å². The van der Waals surface area contributed by atoms with Crippen LogP contribution in [0.3, 0.4) is 0 Å². The molecule has 4 nitrogen and oxygen atoms in total. The largest absolute Gasteiger partial charge is 0.354 e. The third-order valence-electron chi connectivity index (χ3n) is 4.75. The van der Waals surface area contributed by atoms with Crippen LogP contribution < -0.4 is 5.32 Å². The Morgan fingerprint density at radius 3 is 2.50 bits per heavy atom. The topological polar surface area (TPSA) is 49.4 Å². The predicted octanol–water partition coefficient (Wildman–Crippen LogP) is 4.76. The van der Waals surface area contributed by atoms with E-state index in [9.17, 15) is 9.59 Å². The van der Waals surface area contributed by atoms with Crippen molar-refractivity contribution in [3.05, 3.63) is 70.7 Å². The molecule has 1 aliphatic rings. The highest BCUT2D eigenvalue weighted by atomic mass is 35.5. The summed E-state index contributed by atoms with van der Waals surface area (Å²) in [6.45, 7) is 4.86. The fraction of sp³-hybridized carbons (Fsp3) is 0.364. The lowest BCUT2D eigenvalue weighted by Crippen LogP contribution is -2.48. The molecule has 2 unspecified atom stereocenters. The lowest BCUT2D eigenvalue weighted by molar-refractivity contribution is -0.124. The Morgan fingerprint density at radius 2 is 1.82 bits per heavy atom. The van der Waals surface area contributed by atoms with Gasteiger partial charge in [-0.2, -0.15) is 0 Å². The zero-order valence-corrected chi connectivity index (χ0v) is 17.7. The fourth-order valence-corrected chi connectivity index (χ4v) is 4.97. The Morgan fingerprint density at radius 1 is 1.14 bits per heavy atom. The number of thioether (sulfide) groups is 1. The highest BCUT2D eigenvalue weighted by Crippen LogP contribution is 2.44. The number of nitrogens with one attached hydrogen (secondary N) is 1. The Kier molecular flexibility index (Phi) is 7.03. The molecule has 1 aliphatic heterocycles. The van der Waals surface area contributed by atoms with Gasteiger partial charge in [-0.3, -0.25) is 9.59 Å². The first-order chi connectivity index (χ1) is 13.5. The minimum atomic E-state index is -0.522. The summed E-state index contributed by atoms with van der Waals surface area (Å²) in [7, 11) is 0. The van der Waals surface area contributed by atoms with Gasteiger partial charge < -0.3 is 10.2 Å². The molecule has 0 radical (unpaired) electrons. The maximum absolute atomic E-state index is 13.3. The molecule has 2 amide bonds. The smallest absolute Gasteiger partial charge is 0.255 e. The number of halogens is 1. The van der Waals surface area contributed by atoms with E-state index in [-0.39, 0.29) is 17.2 Å². The number of hydrogen-bond acceptors (Lipinski definition) is 3. The van der Waals surface area contributed by atoms with Gasteiger partial charge in [-0.15, -0.1) is 11.8 Å². The van der Waals surface area contributed by atoms with Gasteiger partial charge in [-0.25, -0.2) is 0 Å². The summed E-state index contributed by atoms with van der Waals surface area (Å²) in [6, 6.07) is 16.1. The van der Waals surface area contributed by atoms with E-state index in [1.165, 1.54) is 0 Å². The molecule has 148 valence electrons. The summed E-state index contributed by atoms with van der Waals surface area (Å²) in [5, 5.41) is 3.31. The van der Waals surface area contributed by atoms with Crippen molar-refractivity contribution in [3.63, 3.8) is 0 Å². The summed E-state index contributed by atoms with van der Waals surface area (Å²) in [5.41, 5.74) is 1.43. The van der Waals surface area contributed by atoms with Crippen LogP contribution in [-0.4, -0.2) is 35.1 Å². The molecule has 3 rings (SSSR count). The highest BCUT2D eigenvalue weighted by Gasteiger charge is 2.43. The standard InChI is InChI=1S/C22H25ClN2O2S/c1-15(2)12-13-24-20(26)19-14-28-22(17-10-6-7-11-18(17)23)25(19)21(27)16-8-4-3-5-9-16/h3-11,15,19,22H,12-14H2,1-2H3,(H,24,26). The number of nitrogens with zero attached hydrogens (tertiary/aromatic N) is 1. The molecule has 0 spiro atoms. The zero-order chi connectivity index (χ0) is 20.1. The SMILES string of the molecule is CC(C)CCNC(=O)C1CSC(c2ccccc2Cl)N1C(=O)c1ccccc1. The van der Waals surface area contributed by atoms with Crippen molar-refractivity contribution in [2.75, 3.05) is 12.3 Å². The summed E-state index contributed by atoms with van der Waals surface area (Å²) in [4.78, 5) is 27.9. The number of carbonyl (C=O) groups is 2. The van der Waals surface area contributed by atoms with Gasteiger partial charge in [0.25, 0.3) is 5.91 Å². The van der Waals surface area contributed by atoms with Gasteiger partial charge in [0, 0.05) is 28.4 Å². The lowest BCUT2D eigenvalue weighted by atomic mass is 10.1. The molecule has 2 atom stereocenters. The normalized spacial score (nSPS) is 19.1. The summed E-state index contributed by atoms with van der Waals surface area (Å²) < 4.78 is 0. The second-order valence-electron chi connectivity index (χ2n) is 7.28. The Hall–Kier alpha value is -1.98. The average Bonchev–Trinajstić information content (AvgIpc) is 3.13. The molecule has 28 heavy (non-hydrogen) atoms. The lowest BCUT2D eigenvalue weighted by Gasteiger charge is -2.29. The van der Waals surface area contributed by atoms with Crippen LogP contribution in [0.5, 0.6) is 0 Å². The van der Waals surface area contributed by atoms with Crippen molar-refractivity contribution in [3.8, 4) is 0 Å². The van der Waals surface area contributed by atoms with Gasteiger partial charge >= 0.3 is 0 Å². The van der Waals surface area contributed by atoms with Crippen LogP contribution in [-0.2, 0) is 4.79 Å². The van der Waals surface area contributed by atoms with E-state index >= 15 is 0 Å². The number of amides is 2. The van der Waals surface area contributed by atoms with E-state index in [1.807, 2.05) is 42.5 Å². The quantitative estimate of drug-likeness (QED) is 0.738. The third-order valence-corrected chi connectivity index (χ3v) is 6.40. The van der Waals surface area contributed by atoms with E-state index in [0.717, 1.165) is 12.0 Å². The highest BCUT2D eigenvalue weighted by molar-refractivity contribution is 7.99. The van der Waals surface area contributed by atoms with Crippen LogP contribution in [0.4, 0.5) is 0 Å². The van der Waals surface area contributed by atoms with Gasteiger partial charge in [0.05, 0.1) is 0 Å². The van der Waals surface area contributed by atoms with E-state index in [1.54, 1.807) is 28.8 Å². The van der Waals surface area contributed by atoms with Crippen molar-refractivity contribution in [1.29, 1.82) is 0 Å². The maximum atomic E-state index is 13.3. The number of carbonyl (C=O) groups excluding carboxylic acids is 2. The first-order valence-electron chi connectivity index (χ1n) is 9.50. The number of hydrogen-bond donors (Lipinski definition) is 1. The molecule has 0 saturated carbocycles. The fourth-order valence-electron chi connectivity index (χ4n) is 3.20. The molecule has 0 bridgehead atoms. The van der Waals surface area contributed by atoms with E-state index in [4.69, 9.17) is 11.6 Å². The Labute approximate surface area is 175 Å². The van der Waals surface area contributed by atoms with E-state index in [2.05, 4.69) is 19.2 Å². The molecule has 2 aromatic rings. The van der Waals surface area contributed by atoms with E-state index < -0.39 is 6.04 Å². The second kappa shape index (κ2) is 9.48. The minimum absolute atomic E-state index is 0.105. The van der Waals surface area contributed by atoms with Crippen molar-refractivity contribution in [2.24, 2.45) is 5.92 Å². The maximum Gasteiger partial charge on any atom is 0.255 e. The average molecular weight is 417 g/mol. The van der Waals surface area contributed by atoms with Crippen LogP contribution >= 0.6 is 23.4 Å². The zero-order valence-electron chi connectivity index (χ0n) is 16.1. The molecule has 1 saturated heterocycles. The molecule has 2 aromatic carbocycles. The minimum Gasteiger partial charge on any atom is -0.354 e. The molecule has 1 fully saturated rings. The molecular formula is C22H25ClN2O2S. The van der Waals surface area contributed by atoms with Crippen molar-refractivity contribution in [2.45, 2.75) is 31.7 Å². The molecular weight excluding hydrogens is 392 g/mol. The first kappa shape index (κ1) is 20.7. The van der Waals surface area contributed by atoms with Crippen molar-refractivity contribution in [1.82, 2.24) is 10.2 Å². The monoisotopic (exact) mass is 416 g/mol. The number of rotatable bonds is 6. The molecule has 0 aromatic heterocycles. The number of benzene rings is 2. The first-order valence-corrected chi connectivity index (χ1v) is 10.9. The van der Waals surface area contributed by atoms with Gasteiger partial charge in [-0.1, -0.05) is 61.8 Å². The van der Waals surface area contributed by atoms with Crippen molar-refractivity contribution >= 4 is 35.2 Å². The van der Waals surface area contributed by atoms with E-state index in [0.29, 0.717) is 28.8 Å². The Bertz CT molecular complexity index is 828. The van der Waals surface area contributed by atoms with Crippen LogP contribution in [0.25, 0.3) is 0 Å². The van der Waals surface area contributed by atoms with Gasteiger partial charge in [0.2, 0.25) is 5.91 Å². The molecule has 1 N–H and O–H groups in total. The molecule has 6 heteroatoms. The second-order valence-corrected chi connectivity index (χ2v) is 8.80. The Balaban J connectivity index is 1.88. The molecule has 0 aliphatic carbocycles. The molecule has 1 heterocycles. The van der Waals surface area contributed by atoms with Gasteiger partial charge in [0.15, 0.2) is 0 Å².